The Morgan fingerprint density at radius 3 is 2.29 bits per heavy atom. The predicted octanol–water partition coefficient (Wildman–Crippen LogP) is 5.43. The molecule has 2 aromatic rings. The van der Waals surface area contributed by atoms with E-state index in [1.165, 1.54) is 0 Å². The van der Waals surface area contributed by atoms with Crippen molar-refractivity contribution in [1.29, 1.82) is 0 Å². The zero-order chi connectivity index (χ0) is 20.7. The Labute approximate surface area is 168 Å². The van der Waals surface area contributed by atoms with Gasteiger partial charge in [0.25, 0.3) is 5.91 Å². The van der Waals surface area contributed by atoms with Crippen molar-refractivity contribution in [2.24, 2.45) is 5.92 Å². The van der Waals surface area contributed by atoms with Gasteiger partial charge in [-0.25, -0.2) is 0 Å². The van der Waals surface area contributed by atoms with Crippen LogP contribution in [0.1, 0.15) is 62.6 Å². The fourth-order valence-electron chi connectivity index (χ4n) is 3.34. The van der Waals surface area contributed by atoms with Crippen LogP contribution >= 0.6 is 0 Å². The number of esters is 1. The van der Waals surface area contributed by atoms with Gasteiger partial charge in [0.15, 0.2) is 6.61 Å². The van der Waals surface area contributed by atoms with Crippen molar-refractivity contribution < 1.29 is 14.3 Å². The molecule has 2 rings (SSSR count). The standard InChI is InChI=1S/C24H31NO3/c1-6-17(4)22(19-12-8-7-9-13-19)24(27)28-15-21(26)25-23-18(5)11-10-14-20(23)16(2)3/h7-14,16-17,22H,6,15H2,1-5H3,(H,25,26)/t17-,22+/m1/s1. The Kier molecular flexibility index (Phi) is 7.80. The molecule has 0 aromatic heterocycles. The number of anilines is 1. The molecule has 0 radical (unpaired) electrons. The second-order valence-electron chi connectivity index (χ2n) is 7.62. The fourth-order valence-corrected chi connectivity index (χ4v) is 3.34. The Hall–Kier alpha value is -2.62. The highest BCUT2D eigenvalue weighted by molar-refractivity contribution is 5.94. The third kappa shape index (κ3) is 5.44. The smallest absolute Gasteiger partial charge is 0.314 e. The normalized spacial score (nSPS) is 13.1. The summed E-state index contributed by atoms with van der Waals surface area (Å²) in [4.78, 5) is 25.2. The van der Waals surface area contributed by atoms with Crippen LogP contribution in [0.15, 0.2) is 48.5 Å². The molecule has 0 spiro atoms. The van der Waals surface area contributed by atoms with Crippen molar-refractivity contribution in [3.05, 3.63) is 65.2 Å². The minimum atomic E-state index is -0.372. The highest BCUT2D eigenvalue weighted by atomic mass is 16.5. The topological polar surface area (TPSA) is 55.4 Å². The van der Waals surface area contributed by atoms with E-state index in [1.807, 2.05) is 69.3 Å². The number of hydrogen-bond donors (Lipinski definition) is 1. The molecule has 0 bridgehead atoms. The van der Waals surface area contributed by atoms with E-state index in [4.69, 9.17) is 4.74 Å². The maximum Gasteiger partial charge on any atom is 0.314 e. The molecule has 4 heteroatoms. The Morgan fingerprint density at radius 2 is 1.68 bits per heavy atom. The lowest BCUT2D eigenvalue weighted by Crippen LogP contribution is -2.27. The molecule has 0 aliphatic heterocycles. The number of rotatable bonds is 8. The summed E-state index contributed by atoms with van der Waals surface area (Å²) in [7, 11) is 0. The molecule has 2 aromatic carbocycles. The van der Waals surface area contributed by atoms with Crippen molar-refractivity contribution in [2.75, 3.05) is 11.9 Å². The number of carbonyl (C=O) groups excluding carboxylic acids is 2. The van der Waals surface area contributed by atoms with E-state index in [0.717, 1.165) is 28.8 Å². The highest BCUT2D eigenvalue weighted by Crippen LogP contribution is 2.29. The van der Waals surface area contributed by atoms with E-state index in [-0.39, 0.29) is 36.2 Å². The van der Waals surface area contributed by atoms with Gasteiger partial charge >= 0.3 is 5.97 Å². The molecule has 1 amide bonds. The molecule has 4 nitrogen and oxygen atoms in total. The molecule has 0 unspecified atom stereocenters. The number of hydrogen-bond acceptors (Lipinski definition) is 3. The minimum absolute atomic E-state index is 0.127. The van der Waals surface area contributed by atoms with Crippen molar-refractivity contribution >= 4 is 17.6 Å². The monoisotopic (exact) mass is 381 g/mol. The lowest BCUT2D eigenvalue weighted by atomic mass is 9.86. The quantitative estimate of drug-likeness (QED) is 0.620. The van der Waals surface area contributed by atoms with Gasteiger partial charge in [-0.05, 0) is 35.4 Å². The summed E-state index contributed by atoms with van der Waals surface area (Å²) in [5.74, 6) is -0.638. The Morgan fingerprint density at radius 1 is 1.00 bits per heavy atom. The molecule has 0 heterocycles. The van der Waals surface area contributed by atoms with Crippen LogP contribution < -0.4 is 5.32 Å². The highest BCUT2D eigenvalue weighted by Gasteiger charge is 2.28. The largest absolute Gasteiger partial charge is 0.455 e. The van der Waals surface area contributed by atoms with Gasteiger partial charge in [-0.15, -0.1) is 0 Å². The molecule has 28 heavy (non-hydrogen) atoms. The van der Waals surface area contributed by atoms with Crippen LogP contribution in [-0.4, -0.2) is 18.5 Å². The first kappa shape index (κ1) is 21.7. The molecule has 0 aliphatic carbocycles. The molecule has 0 fully saturated rings. The summed E-state index contributed by atoms with van der Waals surface area (Å²) in [6.45, 7) is 9.92. The summed E-state index contributed by atoms with van der Waals surface area (Å²) in [6.07, 6.45) is 0.849. The minimum Gasteiger partial charge on any atom is -0.455 e. The van der Waals surface area contributed by atoms with Crippen LogP contribution in [0.4, 0.5) is 5.69 Å². The molecular weight excluding hydrogens is 350 g/mol. The molecule has 150 valence electrons. The lowest BCUT2D eigenvalue weighted by Gasteiger charge is -2.22. The van der Waals surface area contributed by atoms with Gasteiger partial charge < -0.3 is 10.1 Å². The van der Waals surface area contributed by atoms with Gasteiger partial charge in [0.2, 0.25) is 0 Å². The van der Waals surface area contributed by atoms with Crippen LogP contribution in [0.5, 0.6) is 0 Å². The number of ether oxygens (including phenoxy) is 1. The molecule has 1 N–H and O–H groups in total. The van der Waals surface area contributed by atoms with Gasteiger partial charge in [-0.1, -0.05) is 82.6 Å². The second-order valence-corrected chi connectivity index (χ2v) is 7.62. The number of nitrogens with one attached hydrogen (secondary N) is 1. The van der Waals surface area contributed by atoms with E-state index >= 15 is 0 Å². The Balaban J connectivity index is 2.06. The van der Waals surface area contributed by atoms with Gasteiger partial charge in [0.05, 0.1) is 5.92 Å². The molecule has 0 saturated carbocycles. The van der Waals surface area contributed by atoms with Crippen LogP contribution in [0, 0.1) is 12.8 Å². The summed E-state index contributed by atoms with van der Waals surface area (Å²) in [5.41, 5.74) is 3.79. The maximum atomic E-state index is 12.7. The van der Waals surface area contributed by atoms with Crippen LogP contribution in [0.2, 0.25) is 0 Å². The molecule has 0 saturated heterocycles. The molecular formula is C24H31NO3. The number of benzene rings is 2. The maximum absolute atomic E-state index is 12.7. The van der Waals surface area contributed by atoms with Crippen molar-refractivity contribution in [3.8, 4) is 0 Å². The first-order valence-corrected chi connectivity index (χ1v) is 9.96. The average Bonchev–Trinajstić information content (AvgIpc) is 2.68. The molecule has 0 aliphatic rings. The third-order valence-corrected chi connectivity index (χ3v) is 5.16. The zero-order valence-electron chi connectivity index (χ0n) is 17.5. The number of para-hydroxylation sites is 1. The number of aryl methyl sites for hydroxylation is 1. The van der Waals surface area contributed by atoms with Crippen molar-refractivity contribution in [2.45, 2.75) is 52.9 Å². The van der Waals surface area contributed by atoms with E-state index in [2.05, 4.69) is 19.2 Å². The van der Waals surface area contributed by atoms with Gasteiger partial charge in [-0.2, -0.15) is 0 Å². The van der Waals surface area contributed by atoms with E-state index in [9.17, 15) is 9.59 Å². The van der Waals surface area contributed by atoms with Gasteiger partial charge in [0, 0.05) is 5.69 Å². The second kappa shape index (κ2) is 10.1. The van der Waals surface area contributed by atoms with Crippen molar-refractivity contribution in [1.82, 2.24) is 0 Å². The van der Waals surface area contributed by atoms with E-state index in [0.29, 0.717) is 0 Å². The predicted molar refractivity (Wildman–Crippen MR) is 113 cm³/mol. The van der Waals surface area contributed by atoms with Crippen LogP contribution in [-0.2, 0) is 14.3 Å². The zero-order valence-corrected chi connectivity index (χ0v) is 17.5. The van der Waals surface area contributed by atoms with Crippen molar-refractivity contribution in [3.63, 3.8) is 0 Å². The summed E-state index contributed by atoms with van der Waals surface area (Å²) < 4.78 is 5.40. The SMILES string of the molecule is CC[C@@H](C)[C@H](C(=O)OCC(=O)Nc1c(C)cccc1C(C)C)c1ccccc1. The van der Waals surface area contributed by atoms with E-state index in [1.54, 1.807) is 0 Å². The number of carbonyl (C=O) groups is 2. The average molecular weight is 382 g/mol. The van der Waals surface area contributed by atoms with Gasteiger partial charge in [-0.3, -0.25) is 9.59 Å². The summed E-state index contributed by atoms with van der Waals surface area (Å²) in [6, 6.07) is 15.6. The van der Waals surface area contributed by atoms with Gasteiger partial charge in [0.1, 0.15) is 0 Å². The lowest BCUT2D eigenvalue weighted by molar-refractivity contribution is -0.150. The first-order valence-electron chi connectivity index (χ1n) is 9.96. The Bertz CT molecular complexity index is 799. The van der Waals surface area contributed by atoms with E-state index < -0.39 is 0 Å². The summed E-state index contributed by atoms with van der Waals surface area (Å²) >= 11 is 0. The summed E-state index contributed by atoms with van der Waals surface area (Å²) in [5, 5.41) is 2.92. The van der Waals surface area contributed by atoms with Crippen LogP contribution in [0.3, 0.4) is 0 Å². The first-order chi connectivity index (χ1) is 13.3. The fraction of sp³-hybridized carbons (Fsp3) is 0.417. The third-order valence-electron chi connectivity index (χ3n) is 5.16. The number of amides is 1. The molecule has 2 atom stereocenters. The van der Waals surface area contributed by atoms with Crippen LogP contribution in [0.25, 0.3) is 0 Å².